The van der Waals surface area contributed by atoms with E-state index >= 15 is 0 Å². The quantitative estimate of drug-likeness (QED) is 0.520. The van der Waals surface area contributed by atoms with Gasteiger partial charge < -0.3 is 14.6 Å². The Morgan fingerprint density at radius 3 is 2.14 bits per heavy atom. The highest BCUT2D eigenvalue weighted by atomic mass is 16.7. The van der Waals surface area contributed by atoms with Crippen LogP contribution in [0.1, 0.15) is 50.7 Å². The highest BCUT2D eigenvalue weighted by Gasteiger charge is 2.20. The van der Waals surface area contributed by atoms with E-state index in [4.69, 9.17) is 9.47 Å². The predicted octanol–water partition coefficient (Wildman–Crippen LogP) is 4.19. The van der Waals surface area contributed by atoms with E-state index in [2.05, 4.69) is 44.7 Å². The SMILES string of the molecule is C=C(C(O)CCC(C)c1ccc(C)cc1)C(OCC)OCC. The molecule has 22 heavy (non-hydrogen) atoms. The smallest absolute Gasteiger partial charge is 0.181 e. The standard InChI is InChI=1S/C19H30O3/c1-6-21-19(22-7-2)16(5)18(20)13-10-15(4)17-11-8-14(3)9-12-17/h8-9,11-12,15,18-20H,5-7,10,13H2,1-4H3. The van der Waals surface area contributed by atoms with E-state index in [0.717, 1.165) is 6.42 Å². The minimum absolute atomic E-state index is 0.403. The van der Waals surface area contributed by atoms with Crippen LogP contribution in [0.25, 0.3) is 0 Å². The van der Waals surface area contributed by atoms with Gasteiger partial charge in [0.05, 0.1) is 6.10 Å². The number of rotatable bonds is 10. The molecule has 124 valence electrons. The summed E-state index contributed by atoms with van der Waals surface area (Å²) in [5.41, 5.74) is 3.18. The lowest BCUT2D eigenvalue weighted by molar-refractivity contribution is -0.119. The van der Waals surface area contributed by atoms with Crippen molar-refractivity contribution in [3.63, 3.8) is 0 Å². The minimum Gasteiger partial charge on any atom is -0.389 e. The van der Waals surface area contributed by atoms with Crippen LogP contribution in [0.5, 0.6) is 0 Å². The zero-order valence-electron chi connectivity index (χ0n) is 14.3. The Morgan fingerprint density at radius 1 is 1.09 bits per heavy atom. The molecule has 0 aromatic heterocycles. The lowest BCUT2D eigenvalue weighted by atomic mass is 9.93. The molecular weight excluding hydrogens is 276 g/mol. The van der Waals surface area contributed by atoms with Crippen LogP contribution < -0.4 is 0 Å². The zero-order valence-corrected chi connectivity index (χ0v) is 14.3. The number of aryl methyl sites for hydroxylation is 1. The van der Waals surface area contributed by atoms with Gasteiger partial charge in [0.2, 0.25) is 0 Å². The Bertz CT molecular complexity index is 432. The normalized spacial score (nSPS) is 14.1. The summed E-state index contributed by atoms with van der Waals surface area (Å²) < 4.78 is 11.0. The fourth-order valence-electron chi connectivity index (χ4n) is 2.38. The molecule has 0 radical (unpaired) electrons. The van der Waals surface area contributed by atoms with Crippen LogP contribution >= 0.6 is 0 Å². The molecule has 3 nitrogen and oxygen atoms in total. The third-order valence-electron chi connectivity index (χ3n) is 3.89. The molecule has 0 saturated heterocycles. The van der Waals surface area contributed by atoms with E-state index in [-0.39, 0.29) is 0 Å². The number of aliphatic hydroxyl groups excluding tert-OH is 1. The molecule has 0 fully saturated rings. The molecule has 1 rings (SSSR count). The van der Waals surface area contributed by atoms with Gasteiger partial charge in [0.1, 0.15) is 0 Å². The van der Waals surface area contributed by atoms with Crippen molar-refractivity contribution in [3.05, 3.63) is 47.5 Å². The van der Waals surface area contributed by atoms with E-state index in [1.54, 1.807) is 0 Å². The summed E-state index contributed by atoms with van der Waals surface area (Å²) in [4.78, 5) is 0. The average molecular weight is 306 g/mol. The molecule has 0 aliphatic carbocycles. The summed E-state index contributed by atoms with van der Waals surface area (Å²) in [7, 11) is 0. The molecule has 0 amide bonds. The first-order chi connectivity index (χ1) is 10.5. The number of benzene rings is 1. The van der Waals surface area contributed by atoms with Crippen LogP contribution in [-0.2, 0) is 9.47 Å². The summed E-state index contributed by atoms with van der Waals surface area (Å²) in [6.07, 6.45) is 0.439. The third-order valence-corrected chi connectivity index (χ3v) is 3.89. The molecule has 0 aliphatic rings. The van der Waals surface area contributed by atoms with Crippen LogP contribution in [0, 0.1) is 6.92 Å². The number of hydrogen-bond donors (Lipinski definition) is 1. The first kappa shape index (κ1) is 18.9. The van der Waals surface area contributed by atoms with Crippen molar-refractivity contribution >= 4 is 0 Å². The van der Waals surface area contributed by atoms with Crippen molar-refractivity contribution < 1.29 is 14.6 Å². The lowest BCUT2D eigenvalue weighted by Crippen LogP contribution is -2.27. The van der Waals surface area contributed by atoms with Gasteiger partial charge in [-0.2, -0.15) is 0 Å². The second kappa shape index (κ2) is 9.78. The fourth-order valence-corrected chi connectivity index (χ4v) is 2.38. The summed E-state index contributed by atoms with van der Waals surface area (Å²) in [5.74, 6) is 0.403. The van der Waals surface area contributed by atoms with Crippen LogP contribution in [0.3, 0.4) is 0 Å². The first-order valence-corrected chi connectivity index (χ1v) is 8.16. The number of hydrogen-bond acceptors (Lipinski definition) is 3. The Morgan fingerprint density at radius 2 is 1.64 bits per heavy atom. The number of aliphatic hydroxyl groups is 1. The van der Waals surface area contributed by atoms with Gasteiger partial charge in [-0.15, -0.1) is 0 Å². The van der Waals surface area contributed by atoms with Gasteiger partial charge in [0.15, 0.2) is 6.29 Å². The van der Waals surface area contributed by atoms with Gasteiger partial charge in [0, 0.05) is 18.8 Å². The van der Waals surface area contributed by atoms with Crippen molar-refractivity contribution in [3.8, 4) is 0 Å². The highest BCUT2D eigenvalue weighted by molar-refractivity contribution is 5.24. The van der Waals surface area contributed by atoms with Crippen LogP contribution in [0.4, 0.5) is 0 Å². The van der Waals surface area contributed by atoms with E-state index in [1.807, 2.05) is 13.8 Å². The predicted molar refractivity (Wildman–Crippen MR) is 91.0 cm³/mol. The summed E-state index contributed by atoms with van der Waals surface area (Å²) >= 11 is 0. The summed E-state index contributed by atoms with van der Waals surface area (Å²) in [5, 5.41) is 10.3. The number of ether oxygens (including phenoxy) is 2. The molecule has 0 spiro atoms. The summed E-state index contributed by atoms with van der Waals surface area (Å²) in [6, 6.07) is 8.57. The van der Waals surface area contributed by atoms with Gasteiger partial charge >= 0.3 is 0 Å². The second-order valence-electron chi connectivity index (χ2n) is 5.72. The highest BCUT2D eigenvalue weighted by Crippen LogP contribution is 2.24. The van der Waals surface area contributed by atoms with Crippen molar-refractivity contribution in [2.45, 2.75) is 58.8 Å². The second-order valence-corrected chi connectivity index (χ2v) is 5.72. The van der Waals surface area contributed by atoms with Gasteiger partial charge in [-0.25, -0.2) is 0 Å². The Labute approximate surface area is 135 Å². The van der Waals surface area contributed by atoms with Crippen LogP contribution in [0.2, 0.25) is 0 Å². The lowest BCUT2D eigenvalue weighted by Gasteiger charge is -2.24. The molecule has 1 aromatic rings. The van der Waals surface area contributed by atoms with Crippen LogP contribution in [0.15, 0.2) is 36.4 Å². The van der Waals surface area contributed by atoms with Crippen molar-refractivity contribution in [2.75, 3.05) is 13.2 Å². The van der Waals surface area contributed by atoms with Crippen molar-refractivity contribution in [2.24, 2.45) is 0 Å². The van der Waals surface area contributed by atoms with E-state index < -0.39 is 12.4 Å². The Balaban J connectivity index is 2.51. The Hall–Kier alpha value is -1.16. The topological polar surface area (TPSA) is 38.7 Å². The molecule has 1 aromatic carbocycles. The van der Waals surface area contributed by atoms with Gasteiger partial charge in [-0.1, -0.05) is 43.3 Å². The van der Waals surface area contributed by atoms with Gasteiger partial charge in [0.25, 0.3) is 0 Å². The average Bonchev–Trinajstić information content (AvgIpc) is 2.52. The van der Waals surface area contributed by atoms with E-state index in [0.29, 0.717) is 31.1 Å². The van der Waals surface area contributed by atoms with Crippen molar-refractivity contribution in [1.82, 2.24) is 0 Å². The third kappa shape index (κ3) is 5.91. The van der Waals surface area contributed by atoms with Crippen LogP contribution in [-0.4, -0.2) is 30.7 Å². The fraction of sp³-hybridized carbons (Fsp3) is 0.579. The maximum Gasteiger partial charge on any atom is 0.181 e. The molecule has 0 saturated carbocycles. The zero-order chi connectivity index (χ0) is 16.5. The maximum atomic E-state index is 10.3. The molecule has 0 heterocycles. The molecule has 0 aliphatic heterocycles. The monoisotopic (exact) mass is 306 g/mol. The molecule has 0 bridgehead atoms. The first-order valence-electron chi connectivity index (χ1n) is 8.16. The van der Waals surface area contributed by atoms with E-state index in [9.17, 15) is 5.11 Å². The van der Waals surface area contributed by atoms with Gasteiger partial charge in [-0.3, -0.25) is 0 Å². The van der Waals surface area contributed by atoms with Crippen molar-refractivity contribution in [1.29, 1.82) is 0 Å². The minimum atomic E-state index is -0.601. The molecule has 1 N–H and O–H groups in total. The maximum absolute atomic E-state index is 10.3. The Kier molecular flexibility index (Phi) is 8.39. The molecule has 2 unspecified atom stereocenters. The molecule has 2 atom stereocenters. The molecule has 3 heteroatoms. The van der Waals surface area contributed by atoms with E-state index in [1.165, 1.54) is 11.1 Å². The summed E-state index contributed by atoms with van der Waals surface area (Å²) in [6.45, 7) is 13.1. The molecular formula is C19H30O3. The largest absolute Gasteiger partial charge is 0.389 e. The van der Waals surface area contributed by atoms with Gasteiger partial charge in [-0.05, 0) is 45.1 Å².